The number of rotatable bonds is 4. The third-order valence-electron chi connectivity index (χ3n) is 3.25. The number of esters is 1. The number of hydrogen-bond acceptors (Lipinski definition) is 4. The van der Waals surface area contributed by atoms with E-state index in [0.717, 1.165) is 5.56 Å². The molecule has 0 aliphatic carbocycles. The zero-order valence-electron chi connectivity index (χ0n) is 13.1. The van der Waals surface area contributed by atoms with Gasteiger partial charge in [0.15, 0.2) is 6.10 Å². The average Bonchev–Trinajstić information content (AvgIpc) is 2.50. The average molecular weight is 367 g/mol. The van der Waals surface area contributed by atoms with E-state index in [0.29, 0.717) is 5.69 Å². The van der Waals surface area contributed by atoms with Crippen LogP contribution >= 0.6 is 23.2 Å². The maximum absolute atomic E-state index is 12.2. The summed E-state index contributed by atoms with van der Waals surface area (Å²) < 4.78 is 5.14. The first-order valence-electron chi connectivity index (χ1n) is 7.11. The van der Waals surface area contributed by atoms with Gasteiger partial charge in [0.05, 0.1) is 16.3 Å². The molecule has 0 saturated carbocycles. The second kappa shape index (κ2) is 7.55. The molecule has 0 spiro atoms. The van der Waals surface area contributed by atoms with Crippen molar-refractivity contribution in [1.29, 1.82) is 0 Å². The number of nitrogens with two attached hydrogens (primary N) is 1. The lowest BCUT2D eigenvalue weighted by molar-refractivity contribution is -0.123. The number of nitrogens with one attached hydrogen (secondary N) is 1. The molecule has 0 aliphatic rings. The van der Waals surface area contributed by atoms with Crippen molar-refractivity contribution in [2.24, 2.45) is 0 Å². The SMILES string of the molecule is Cc1cccc(NC(=O)[C@H](C)OC(=O)c2cc(Cl)cc(Cl)c2N)c1. The molecule has 0 radical (unpaired) electrons. The van der Waals surface area contributed by atoms with E-state index in [-0.39, 0.29) is 21.3 Å². The normalized spacial score (nSPS) is 11.7. The summed E-state index contributed by atoms with van der Waals surface area (Å²) in [6.07, 6.45) is -1.02. The minimum absolute atomic E-state index is 0.0164. The third-order valence-corrected chi connectivity index (χ3v) is 3.78. The highest BCUT2D eigenvalue weighted by Gasteiger charge is 2.22. The highest BCUT2D eigenvalue weighted by molar-refractivity contribution is 6.37. The molecule has 0 heterocycles. The van der Waals surface area contributed by atoms with Gasteiger partial charge in [0.2, 0.25) is 0 Å². The van der Waals surface area contributed by atoms with Gasteiger partial charge >= 0.3 is 5.97 Å². The standard InChI is InChI=1S/C17H16Cl2N2O3/c1-9-4-3-5-12(6-9)21-16(22)10(2)24-17(23)13-7-11(18)8-14(19)15(13)20/h3-8,10H,20H2,1-2H3,(H,21,22)/t10-/m0/s1. The fraction of sp³-hybridized carbons (Fsp3) is 0.176. The third kappa shape index (κ3) is 4.40. The van der Waals surface area contributed by atoms with Gasteiger partial charge in [0, 0.05) is 10.7 Å². The van der Waals surface area contributed by atoms with Crippen LogP contribution in [-0.4, -0.2) is 18.0 Å². The van der Waals surface area contributed by atoms with Crippen LogP contribution in [0.5, 0.6) is 0 Å². The van der Waals surface area contributed by atoms with Gasteiger partial charge in [0.1, 0.15) is 0 Å². The minimum Gasteiger partial charge on any atom is -0.449 e. The van der Waals surface area contributed by atoms with Crippen LogP contribution < -0.4 is 11.1 Å². The van der Waals surface area contributed by atoms with E-state index in [4.69, 9.17) is 33.7 Å². The Kier molecular flexibility index (Phi) is 5.70. The summed E-state index contributed by atoms with van der Waals surface area (Å²) >= 11 is 11.7. The van der Waals surface area contributed by atoms with Gasteiger partial charge in [-0.3, -0.25) is 4.79 Å². The van der Waals surface area contributed by atoms with Gasteiger partial charge in [0.25, 0.3) is 5.91 Å². The van der Waals surface area contributed by atoms with Crippen molar-refractivity contribution >= 4 is 46.5 Å². The maximum atomic E-state index is 12.2. The summed E-state index contributed by atoms with van der Waals surface area (Å²) in [5.74, 6) is -1.23. The van der Waals surface area contributed by atoms with E-state index in [9.17, 15) is 9.59 Å². The van der Waals surface area contributed by atoms with Gasteiger partial charge in [-0.1, -0.05) is 35.3 Å². The zero-order chi connectivity index (χ0) is 17.9. The van der Waals surface area contributed by atoms with Crippen LogP contribution in [0.3, 0.4) is 0 Å². The van der Waals surface area contributed by atoms with E-state index in [1.165, 1.54) is 19.1 Å². The molecule has 2 aromatic carbocycles. The second-order valence-corrected chi connectivity index (χ2v) is 6.10. The van der Waals surface area contributed by atoms with Crippen LogP contribution in [0.25, 0.3) is 0 Å². The monoisotopic (exact) mass is 366 g/mol. The van der Waals surface area contributed by atoms with Crippen molar-refractivity contribution in [2.45, 2.75) is 20.0 Å². The number of hydrogen-bond donors (Lipinski definition) is 2. The van der Waals surface area contributed by atoms with Crippen molar-refractivity contribution in [3.05, 3.63) is 57.6 Å². The fourth-order valence-electron chi connectivity index (χ4n) is 2.00. The molecule has 0 aromatic heterocycles. The van der Waals surface area contributed by atoms with Crippen LogP contribution in [0, 0.1) is 6.92 Å². The molecule has 1 atom stereocenters. The van der Waals surface area contributed by atoms with Crippen LogP contribution in [-0.2, 0) is 9.53 Å². The largest absolute Gasteiger partial charge is 0.449 e. The molecule has 2 aromatic rings. The number of nitrogen functional groups attached to an aromatic ring is 1. The van der Waals surface area contributed by atoms with E-state index >= 15 is 0 Å². The minimum atomic E-state index is -1.02. The first kappa shape index (κ1) is 18.1. The summed E-state index contributed by atoms with van der Waals surface area (Å²) in [4.78, 5) is 24.3. The maximum Gasteiger partial charge on any atom is 0.341 e. The first-order chi connectivity index (χ1) is 11.3. The van der Waals surface area contributed by atoms with Crippen molar-refractivity contribution in [3.8, 4) is 0 Å². The Balaban J connectivity index is 2.07. The van der Waals surface area contributed by atoms with E-state index in [1.54, 1.807) is 12.1 Å². The summed E-state index contributed by atoms with van der Waals surface area (Å²) in [7, 11) is 0. The van der Waals surface area contributed by atoms with Crippen LogP contribution in [0.4, 0.5) is 11.4 Å². The van der Waals surface area contributed by atoms with Crippen molar-refractivity contribution in [3.63, 3.8) is 0 Å². The first-order valence-corrected chi connectivity index (χ1v) is 7.86. The van der Waals surface area contributed by atoms with Gasteiger partial charge in [-0.05, 0) is 43.7 Å². The number of halogens is 2. The summed E-state index contributed by atoms with van der Waals surface area (Å²) in [6.45, 7) is 3.37. The number of anilines is 2. The smallest absolute Gasteiger partial charge is 0.341 e. The molecule has 0 saturated heterocycles. The Morgan fingerprint density at radius 1 is 1.21 bits per heavy atom. The van der Waals surface area contributed by atoms with Gasteiger partial charge in [-0.25, -0.2) is 4.79 Å². The molecule has 5 nitrogen and oxygen atoms in total. The van der Waals surface area contributed by atoms with Crippen LogP contribution in [0.1, 0.15) is 22.8 Å². The highest BCUT2D eigenvalue weighted by atomic mass is 35.5. The Hall–Kier alpha value is -2.24. The zero-order valence-corrected chi connectivity index (χ0v) is 14.6. The van der Waals surface area contributed by atoms with Crippen molar-refractivity contribution < 1.29 is 14.3 Å². The molecule has 0 fully saturated rings. The molecule has 0 aliphatic heterocycles. The van der Waals surface area contributed by atoms with E-state index < -0.39 is 18.0 Å². The lowest BCUT2D eigenvalue weighted by atomic mass is 10.2. The number of aryl methyl sites for hydroxylation is 1. The lowest BCUT2D eigenvalue weighted by Crippen LogP contribution is -2.30. The molecule has 0 bridgehead atoms. The molecule has 0 unspecified atom stereocenters. The van der Waals surface area contributed by atoms with Gasteiger partial charge in [-0.15, -0.1) is 0 Å². The van der Waals surface area contributed by atoms with E-state index in [1.807, 2.05) is 19.1 Å². The Morgan fingerprint density at radius 2 is 1.92 bits per heavy atom. The van der Waals surface area contributed by atoms with Crippen molar-refractivity contribution in [1.82, 2.24) is 0 Å². The van der Waals surface area contributed by atoms with Gasteiger partial charge in [-0.2, -0.15) is 0 Å². The Morgan fingerprint density at radius 3 is 2.58 bits per heavy atom. The molecular formula is C17H16Cl2N2O3. The number of amides is 1. The Bertz CT molecular complexity index is 793. The lowest BCUT2D eigenvalue weighted by Gasteiger charge is -2.15. The Labute approximate surface area is 149 Å². The number of carbonyl (C=O) groups is 2. The predicted molar refractivity (Wildman–Crippen MR) is 95.6 cm³/mol. The molecule has 1 amide bonds. The van der Waals surface area contributed by atoms with Crippen molar-refractivity contribution in [2.75, 3.05) is 11.1 Å². The number of benzene rings is 2. The summed E-state index contributed by atoms with van der Waals surface area (Å²) in [5.41, 5.74) is 7.44. The van der Waals surface area contributed by atoms with Gasteiger partial charge < -0.3 is 15.8 Å². The highest BCUT2D eigenvalue weighted by Crippen LogP contribution is 2.28. The molecule has 126 valence electrons. The molecule has 3 N–H and O–H groups in total. The summed E-state index contributed by atoms with van der Waals surface area (Å²) in [6, 6.07) is 10.0. The quantitative estimate of drug-likeness (QED) is 0.631. The molecule has 7 heteroatoms. The molecule has 2 rings (SSSR count). The van der Waals surface area contributed by atoms with Crippen LogP contribution in [0.15, 0.2) is 36.4 Å². The predicted octanol–water partition coefficient (Wildman–Crippen LogP) is 4.07. The summed E-state index contributed by atoms with van der Waals surface area (Å²) in [5, 5.41) is 3.07. The number of ether oxygens (including phenoxy) is 1. The van der Waals surface area contributed by atoms with E-state index in [2.05, 4.69) is 5.32 Å². The fourth-order valence-corrected chi connectivity index (χ4v) is 2.49. The molecular weight excluding hydrogens is 351 g/mol. The van der Waals surface area contributed by atoms with Crippen LogP contribution in [0.2, 0.25) is 10.0 Å². The second-order valence-electron chi connectivity index (χ2n) is 5.26. The number of carbonyl (C=O) groups excluding carboxylic acids is 2. The topological polar surface area (TPSA) is 81.4 Å². The molecule has 24 heavy (non-hydrogen) atoms.